The van der Waals surface area contributed by atoms with Crippen LogP contribution in [0, 0.1) is 13.8 Å². The van der Waals surface area contributed by atoms with Crippen molar-refractivity contribution < 1.29 is 18.5 Å². The molecule has 0 unspecified atom stereocenters. The number of nitrogens with zero attached hydrogens (tertiary/aromatic N) is 2. The number of urea groups is 1. The van der Waals surface area contributed by atoms with E-state index in [-0.39, 0.29) is 5.76 Å². The Balaban J connectivity index is 1.90. The van der Waals surface area contributed by atoms with E-state index >= 15 is 0 Å². The number of fused-ring (bicyclic) bond motifs is 1. The van der Waals surface area contributed by atoms with Crippen LogP contribution in [-0.2, 0) is 6.42 Å². The highest BCUT2D eigenvalue weighted by molar-refractivity contribution is 6.09. The Hall–Kier alpha value is -3.10. The van der Waals surface area contributed by atoms with E-state index in [1.54, 1.807) is 19.9 Å². The van der Waals surface area contributed by atoms with Crippen molar-refractivity contribution >= 4 is 23.5 Å². The number of rotatable bonds is 3. The molecule has 9 nitrogen and oxygen atoms in total. The maximum atomic E-state index is 12.4. The summed E-state index contributed by atoms with van der Waals surface area (Å²) in [6.45, 7) is 3.50. The molecule has 2 heterocycles. The van der Waals surface area contributed by atoms with Crippen LogP contribution in [0.3, 0.4) is 0 Å². The predicted molar refractivity (Wildman–Crippen MR) is 84.8 cm³/mol. The number of furan rings is 1. The zero-order valence-electron chi connectivity index (χ0n) is 13.3. The van der Waals surface area contributed by atoms with Crippen molar-refractivity contribution in [1.29, 1.82) is 0 Å². The topological polar surface area (TPSA) is 136 Å². The lowest BCUT2D eigenvalue weighted by Crippen LogP contribution is -2.27. The van der Waals surface area contributed by atoms with Gasteiger partial charge in [0.2, 0.25) is 0 Å². The molecule has 0 aliphatic heterocycles. The number of carbonyl (C=O) groups is 2. The number of anilines is 1. The van der Waals surface area contributed by atoms with E-state index in [0.717, 1.165) is 12.0 Å². The molecule has 126 valence electrons. The number of hydrogen-bond donors (Lipinski definition) is 3. The monoisotopic (exact) mass is 331 g/mol. The largest absolute Gasteiger partial charge is 0.455 e. The van der Waals surface area contributed by atoms with Gasteiger partial charge in [0.05, 0.1) is 5.71 Å². The molecule has 24 heavy (non-hydrogen) atoms. The summed E-state index contributed by atoms with van der Waals surface area (Å²) in [5.74, 6) is 1.35. The summed E-state index contributed by atoms with van der Waals surface area (Å²) in [4.78, 5) is 23.3. The molecule has 4 N–H and O–H groups in total. The number of hydrogen-bond acceptors (Lipinski definition) is 6. The van der Waals surface area contributed by atoms with Crippen LogP contribution < -0.4 is 16.5 Å². The van der Waals surface area contributed by atoms with Crippen molar-refractivity contribution in [3.63, 3.8) is 0 Å². The van der Waals surface area contributed by atoms with E-state index in [4.69, 9.17) is 14.7 Å². The van der Waals surface area contributed by atoms with Crippen LogP contribution in [0.4, 0.5) is 10.6 Å². The molecule has 9 heteroatoms. The summed E-state index contributed by atoms with van der Waals surface area (Å²) in [6.07, 6.45) is 2.17. The summed E-state index contributed by atoms with van der Waals surface area (Å²) < 4.78 is 10.6. The smallest absolute Gasteiger partial charge is 0.332 e. The minimum absolute atomic E-state index is 0.189. The van der Waals surface area contributed by atoms with Gasteiger partial charge >= 0.3 is 6.03 Å². The molecule has 3 rings (SSSR count). The zero-order chi connectivity index (χ0) is 17.3. The normalized spacial score (nSPS) is 15.2. The number of aromatic nitrogens is 1. The summed E-state index contributed by atoms with van der Waals surface area (Å²) in [5, 5.41) is 10.4. The molecule has 0 saturated carbocycles. The van der Waals surface area contributed by atoms with Crippen LogP contribution in [0.5, 0.6) is 0 Å². The Morgan fingerprint density at radius 3 is 2.79 bits per heavy atom. The maximum Gasteiger partial charge on any atom is 0.332 e. The van der Waals surface area contributed by atoms with E-state index in [1.165, 1.54) is 0 Å². The number of carbonyl (C=O) groups excluding carboxylic acids is 2. The molecule has 3 amide bonds. The van der Waals surface area contributed by atoms with Gasteiger partial charge in [-0.1, -0.05) is 5.16 Å². The molecular weight excluding hydrogens is 314 g/mol. The first-order valence-corrected chi connectivity index (χ1v) is 7.45. The lowest BCUT2D eigenvalue weighted by molar-refractivity contribution is 0.0993. The van der Waals surface area contributed by atoms with Crippen LogP contribution in [0.1, 0.15) is 46.0 Å². The van der Waals surface area contributed by atoms with Gasteiger partial charge in [0.1, 0.15) is 11.5 Å². The van der Waals surface area contributed by atoms with Gasteiger partial charge in [-0.3, -0.25) is 4.79 Å². The quantitative estimate of drug-likeness (QED) is 0.737. The van der Waals surface area contributed by atoms with E-state index in [1.807, 2.05) is 0 Å². The van der Waals surface area contributed by atoms with Gasteiger partial charge in [0, 0.05) is 23.6 Å². The fourth-order valence-corrected chi connectivity index (χ4v) is 2.72. The van der Waals surface area contributed by atoms with Gasteiger partial charge < -0.3 is 20.0 Å². The molecule has 0 spiro atoms. The lowest BCUT2D eigenvalue weighted by atomic mass is 9.93. The number of aryl methyl sites for hydroxylation is 2. The van der Waals surface area contributed by atoms with E-state index in [0.29, 0.717) is 41.5 Å². The maximum absolute atomic E-state index is 12.4. The van der Waals surface area contributed by atoms with Crippen molar-refractivity contribution in [2.24, 2.45) is 10.8 Å². The Labute approximate surface area is 137 Å². The van der Waals surface area contributed by atoms with E-state index in [2.05, 4.69) is 21.0 Å². The van der Waals surface area contributed by atoms with Gasteiger partial charge in [-0.15, -0.1) is 0 Å². The molecule has 1 aliphatic carbocycles. The molecule has 2 aromatic rings. The molecule has 0 aromatic carbocycles. The Bertz CT molecular complexity index is 833. The molecule has 2 aromatic heterocycles. The van der Waals surface area contributed by atoms with Crippen LogP contribution >= 0.6 is 0 Å². The Morgan fingerprint density at radius 1 is 1.33 bits per heavy atom. The minimum atomic E-state index is -0.741. The molecule has 0 fully saturated rings. The van der Waals surface area contributed by atoms with Crippen LogP contribution in [0.2, 0.25) is 0 Å². The lowest BCUT2D eigenvalue weighted by Gasteiger charge is -2.13. The highest BCUT2D eigenvalue weighted by atomic mass is 16.5. The number of nitrogens with one attached hydrogen (secondary N) is 2. The van der Waals surface area contributed by atoms with E-state index < -0.39 is 11.9 Å². The minimum Gasteiger partial charge on any atom is -0.455 e. The van der Waals surface area contributed by atoms with Gasteiger partial charge in [0.15, 0.2) is 11.6 Å². The van der Waals surface area contributed by atoms with Gasteiger partial charge in [-0.25, -0.2) is 10.2 Å². The Morgan fingerprint density at radius 2 is 2.12 bits per heavy atom. The number of hydrazone groups is 1. The van der Waals surface area contributed by atoms with Crippen molar-refractivity contribution in [3.05, 3.63) is 34.5 Å². The van der Waals surface area contributed by atoms with Crippen molar-refractivity contribution in [3.8, 4) is 0 Å². The standard InChI is InChI=1S/C15H17N5O4/c1-7-6-11(20-24-7)17-14(21)13-8(2)12-9(18-19-15(16)22)4-3-5-10(12)23-13/h6H,3-5H2,1-2H3,(H3,16,19,22)(H,17,20,21)/b18-9+. The van der Waals surface area contributed by atoms with Crippen molar-refractivity contribution in [1.82, 2.24) is 10.6 Å². The first-order chi connectivity index (χ1) is 11.5. The summed E-state index contributed by atoms with van der Waals surface area (Å²) in [5.41, 5.74) is 9.33. The van der Waals surface area contributed by atoms with Gasteiger partial charge in [0.25, 0.3) is 5.91 Å². The average Bonchev–Trinajstić information content (AvgIpc) is 3.09. The second-order valence-corrected chi connectivity index (χ2v) is 5.52. The van der Waals surface area contributed by atoms with Gasteiger partial charge in [-0.2, -0.15) is 5.10 Å². The fourth-order valence-electron chi connectivity index (χ4n) is 2.72. The zero-order valence-corrected chi connectivity index (χ0v) is 13.3. The molecule has 0 atom stereocenters. The van der Waals surface area contributed by atoms with E-state index in [9.17, 15) is 9.59 Å². The second-order valence-electron chi connectivity index (χ2n) is 5.52. The SMILES string of the molecule is Cc1cc(NC(=O)c2oc3c(c2C)/C(=N/NC(N)=O)CCC3)no1. The van der Waals surface area contributed by atoms with Crippen molar-refractivity contribution in [2.45, 2.75) is 33.1 Å². The first kappa shape index (κ1) is 15.8. The molecule has 1 aliphatic rings. The third kappa shape index (κ3) is 3.00. The number of nitrogens with two attached hydrogens (primary N) is 1. The summed E-state index contributed by atoms with van der Waals surface area (Å²) in [6, 6.07) is 0.870. The van der Waals surface area contributed by atoms with Crippen LogP contribution in [-0.4, -0.2) is 22.8 Å². The first-order valence-electron chi connectivity index (χ1n) is 7.45. The third-order valence-electron chi connectivity index (χ3n) is 3.70. The average molecular weight is 331 g/mol. The van der Waals surface area contributed by atoms with Crippen LogP contribution in [0.15, 0.2) is 20.1 Å². The second kappa shape index (κ2) is 6.19. The Kier molecular flexibility index (Phi) is 4.07. The number of amides is 3. The molecule has 0 radical (unpaired) electrons. The highest BCUT2D eigenvalue weighted by Gasteiger charge is 2.28. The predicted octanol–water partition coefficient (Wildman–Crippen LogP) is 1.85. The highest BCUT2D eigenvalue weighted by Crippen LogP contribution is 2.30. The van der Waals surface area contributed by atoms with Crippen molar-refractivity contribution in [2.75, 3.05) is 5.32 Å². The molecule has 0 bridgehead atoms. The summed E-state index contributed by atoms with van der Waals surface area (Å²) in [7, 11) is 0. The molecular formula is C15H17N5O4. The van der Waals surface area contributed by atoms with Gasteiger partial charge in [-0.05, 0) is 26.7 Å². The fraction of sp³-hybridized carbons (Fsp3) is 0.333. The molecule has 0 saturated heterocycles. The van der Waals surface area contributed by atoms with Crippen LogP contribution in [0.25, 0.3) is 0 Å². The summed E-state index contributed by atoms with van der Waals surface area (Å²) >= 11 is 0. The third-order valence-corrected chi connectivity index (χ3v) is 3.70. The number of primary amides is 1.